The lowest BCUT2D eigenvalue weighted by atomic mass is 10.0. The van der Waals surface area contributed by atoms with Crippen LogP contribution in [0.15, 0.2) is 18.2 Å². The van der Waals surface area contributed by atoms with E-state index in [9.17, 15) is 0 Å². The smallest absolute Gasteiger partial charge is 0.157 e. The van der Waals surface area contributed by atoms with Crippen molar-refractivity contribution in [2.75, 3.05) is 5.32 Å². The molecule has 4 rings (SSSR count). The number of anilines is 2. The molecule has 1 saturated carbocycles. The summed E-state index contributed by atoms with van der Waals surface area (Å²) in [5.74, 6) is 2.36. The summed E-state index contributed by atoms with van der Waals surface area (Å²) in [7, 11) is 0. The fourth-order valence-corrected chi connectivity index (χ4v) is 3.28. The van der Waals surface area contributed by atoms with Crippen LogP contribution in [0, 0.1) is 13.8 Å². The van der Waals surface area contributed by atoms with Crippen molar-refractivity contribution in [1.82, 2.24) is 24.8 Å². The minimum atomic E-state index is 0.634. The molecule has 0 spiro atoms. The Hall–Kier alpha value is -2.37. The number of aromatic nitrogens is 5. The lowest BCUT2D eigenvalue weighted by molar-refractivity contribution is 0.693. The van der Waals surface area contributed by atoms with Crippen LogP contribution in [0.25, 0.3) is 5.65 Å². The first-order valence-electron chi connectivity index (χ1n) is 7.85. The van der Waals surface area contributed by atoms with Crippen molar-refractivity contribution in [3.05, 3.63) is 35.3 Å². The van der Waals surface area contributed by atoms with Gasteiger partial charge in [-0.2, -0.15) is 14.7 Å². The van der Waals surface area contributed by atoms with Crippen LogP contribution in [-0.4, -0.2) is 24.8 Å². The van der Waals surface area contributed by atoms with Crippen LogP contribution < -0.4 is 5.32 Å². The van der Waals surface area contributed by atoms with E-state index in [0.29, 0.717) is 5.92 Å². The molecule has 0 unspecified atom stereocenters. The van der Waals surface area contributed by atoms with Gasteiger partial charge in [0.1, 0.15) is 5.82 Å². The van der Waals surface area contributed by atoms with E-state index in [0.717, 1.165) is 28.7 Å². The average Bonchev–Trinajstić information content (AvgIpc) is 3.17. The minimum Gasteiger partial charge on any atom is -0.323 e. The summed E-state index contributed by atoms with van der Waals surface area (Å²) in [6.45, 7) is 3.96. The molecule has 6 nitrogen and oxygen atoms in total. The standard InChI is InChI=1S/C16H20N6/c1-10-7-16(22-15(17-10)8-11(2)21-22)18-14-9-13(19-20-14)12-5-3-4-6-12/h7-9,12H,3-6H2,1-2H3,(H2,18,19,20). The first-order valence-corrected chi connectivity index (χ1v) is 7.85. The van der Waals surface area contributed by atoms with Crippen LogP contribution in [0.1, 0.15) is 48.7 Å². The number of nitrogens with zero attached hydrogens (tertiary/aromatic N) is 4. The topological polar surface area (TPSA) is 70.9 Å². The van der Waals surface area contributed by atoms with Crippen molar-refractivity contribution in [3.63, 3.8) is 0 Å². The summed E-state index contributed by atoms with van der Waals surface area (Å²) in [5.41, 5.74) is 4.00. The zero-order valence-electron chi connectivity index (χ0n) is 12.9. The van der Waals surface area contributed by atoms with Crippen LogP contribution in [-0.2, 0) is 0 Å². The number of aromatic amines is 1. The molecule has 6 heteroatoms. The highest BCUT2D eigenvalue weighted by Crippen LogP contribution is 2.34. The second-order valence-electron chi connectivity index (χ2n) is 6.15. The lowest BCUT2D eigenvalue weighted by Gasteiger charge is -2.06. The van der Waals surface area contributed by atoms with Crippen LogP contribution in [0.5, 0.6) is 0 Å². The van der Waals surface area contributed by atoms with E-state index in [4.69, 9.17) is 0 Å². The summed E-state index contributed by atoms with van der Waals surface area (Å²) in [6.07, 6.45) is 5.17. The third-order valence-corrected chi connectivity index (χ3v) is 4.33. The quantitative estimate of drug-likeness (QED) is 0.776. The van der Waals surface area contributed by atoms with Crippen LogP contribution in [0.3, 0.4) is 0 Å². The van der Waals surface area contributed by atoms with Crippen molar-refractivity contribution in [2.45, 2.75) is 45.4 Å². The van der Waals surface area contributed by atoms with E-state index in [2.05, 4.69) is 31.7 Å². The molecule has 2 N–H and O–H groups in total. The van der Waals surface area contributed by atoms with E-state index in [1.54, 1.807) is 0 Å². The second kappa shape index (κ2) is 5.12. The summed E-state index contributed by atoms with van der Waals surface area (Å²) in [5, 5.41) is 15.4. The Labute approximate surface area is 129 Å². The first kappa shape index (κ1) is 13.3. The fourth-order valence-electron chi connectivity index (χ4n) is 3.28. The van der Waals surface area contributed by atoms with Crippen molar-refractivity contribution in [2.24, 2.45) is 0 Å². The van der Waals surface area contributed by atoms with E-state index in [1.807, 2.05) is 30.5 Å². The van der Waals surface area contributed by atoms with Crippen molar-refractivity contribution >= 4 is 17.3 Å². The molecule has 1 aliphatic rings. The van der Waals surface area contributed by atoms with Gasteiger partial charge in [0.05, 0.1) is 5.69 Å². The van der Waals surface area contributed by atoms with Crippen molar-refractivity contribution in [3.8, 4) is 0 Å². The maximum absolute atomic E-state index is 4.50. The zero-order valence-corrected chi connectivity index (χ0v) is 12.9. The van der Waals surface area contributed by atoms with Gasteiger partial charge in [-0.25, -0.2) is 4.98 Å². The molecule has 0 radical (unpaired) electrons. The minimum absolute atomic E-state index is 0.634. The normalized spacial score (nSPS) is 15.7. The van der Waals surface area contributed by atoms with Gasteiger partial charge in [0.2, 0.25) is 0 Å². The largest absolute Gasteiger partial charge is 0.323 e. The molecule has 0 amide bonds. The van der Waals surface area contributed by atoms with E-state index >= 15 is 0 Å². The number of rotatable bonds is 3. The highest BCUT2D eigenvalue weighted by atomic mass is 15.3. The van der Waals surface area contributed by atoms with Gasteiger partial charge in [0.25, 0.3) is 0 Å². The van der Waals surface area contributed by atoms with Crippen LogP contribution in [0.4, 0.5) is 11.6 Å². The van der Waals surface area contributed by atoms with E-state index < -0.39 is 0 Å². The number of nitrogens with one attached hydrogen (secondary N) is 2. The molecule has 1 aliphatic carbocycles. The van der Waals surface area contributed by atoms with Crippen LogP contribution in [0.2, 0.25) is 0 Å². The lowest BCUT2D eigenvalue weighted by Crippen LogP contribution is -2.02. The molecule has 22 heavy (non-hydrogen) atoms. The summed E-state index contributed by atoms with van der Waals surface area (Å²) < 4.78 is 1.83. The number of fused-ring (bicyclic) bond motifs is 1. The van der Waals surface area contributed by atoms with Gasteiger partial charge in [0, 0.05) is 35.5 Å². The molecule has 3 aromatic rings. The Morgan fingerprint density at radius 3 is 2.77 bits per heavy atom. The molecular weight excluding hydrogens is 276 g/mol. The Morgan fingerprint density at radius 2 is 1.95 bits per heavy atom. The van der Waals surface area contributed by atoms with E-state index in [-0.39, 0.29) is 0 Å². The molecule has 0 atom stereocenters. The van der Waals surface area contributed by atoms with Gasteiger partial charge in [0.15, 0.2) is 11.5 Å². The highest BCUT2D eigenvalue weighted by molar-refractivity contribution is 5.57. The summed E-state index contributed by atoms with van der Waals surface area (Å²) in [6, 6.07) is 6.09. The van der Waals surface area contributed by atoms with E-state index in [1.165, 1.54) is 31.4 Å². The van der Waals surface area contributed by atoms with Gasteiger partial charge in [-0.15, -0.1) is 0 Å². The molecule has 0 aliphatic heterocycles. The molecule has 0 aromatic carbocycles. The summed E-state index contributed by atoms with van der Waals surface area (Å²) >= 11 is 0. The molecule has 114 valence electrons. The Bertz CT molecular complexity index is 809. The Morgan fingerprint density at radius 1 is 1.14 bits per heavy atom. The third-order valence-electron chi connectivity index (χ3n) is 4.33. The molecule has 0 saturated heterocycles. The number of aryl methyl sites for hydroxylation is 2. The molecule has 3 heterocycles. The molecular formula is C16H20N6. The maximum atomic E-state index is 4.50. The van der Waals surface area contributed by atoms with Gasteiger partial charge >= 0.3 is 0 Å². The predicted octanol–water partition coefficient (Wildman–Crippen LogP) is 3.47. The third kappa shape index (κ3) is 2.34. The highest BCUT2D eigenvalue weighted by Gasteiger charge is 2.19. The molecule has 0 bridgehead atoms. The van der Waals surface area contributed by atoms with Gasteiger partial charge < -0.3 is 5.32 Å². The molecule has 3 aromatic heterocycles. The van der Waals surface area contributed by atoms with Gasteiger partial charge in [-0.05, 0) is 26.7 Å². The Kier molecular flexibility index (Phi) is 3.10. The SMILES string of the molecule is Cc1cc(Nc2cc(C3CCCC3)[nH]n2)n2nc(C)cc2n1. The van der Waals surface area contributed by atoms with Gasteiger partial charge in [-0.3, -0.25) is 5.10 Å². The van der Waals surface area contributed by atoms with Crippen molar-refractivity contribution in [1.29, 1.82) is 0 Å². The number of H-pyrrole nitrogens is 1. The number of hydrogen-bond donors (Lipinski definition) is 2. The average molecular weight is 296 g/mol. The molecule has 1 fully saturated rings. The maximum Gasteiger partial charge on any atom is 0.157 e. The first-order chi connectivity index (χ1) is 10.7. The van der Waals surface area contributed by atoms with Gasteiger partial charge in [-0.1, -0.05) is 12.8 Å². The Balaban J connectivity index is 1.65. The fraction of sp³-hybridized carbons (Fsp3) is 0.438. The monoisotopic (exact) mass is 296 g/mol. The van der Waals surface area contributed by atoms with Crippen LogP contribution >= 0.6 is 0 Å². The number of hydrogen-bond acceptors (Lipinski definition) is 4. The second-order valence-corrected chi connectivity index (χ2v) is 6.15. The van der Waals surface area contributed by atoms with Crippen molar-refractivity contribution < 1.29 is 0 Å². The zero-order chi connectivity index (χ0) is 15.1. The summed E-state index contributed by atoms with van der Waals surface area (Å²) in [4.78, 5) is 4.50. The predicted molar refractivity (Wildman–Crippen MR) is 85.5 cm³/mol.